The molecule has 4 heteroatoms. The average molecular weight is 670 g/mol. The molecule has 0 radical (unpaired) electrons. The molecule has 8 rings (SSSR count). The summed E-state index contributed by atoms with van der Waals surface area (Å²) in [7, 11) is 0. The highest BCUT2D eigenvalue weighted by Crippen LogP contribution is 2.43. The second kappa shape index (κ2) is 14.2. The number of allylic oxidation sites excluding steroid dienone is 3. The number of benzene rings is 6. The molecule has 0 N–H and O–H groups in total. The summed E-state index contributed by atoms with van der Waals surface area (Å²) in [4.78, 5) is 5.82. The number of rotatable bonds is 7. The van der Waals surface area contributed by atoms with Crippen molar-refractivity contribution in [3.05, 3.63) is 215 Å². The molecule has 2 aliphatic rings. The third-order valence-electron chi connectivity index (χ3n) is 9.89. The third kappa shape index (κ3) is 6.67. The maximum atomic E-state index is 9.73. The summed E-state index contributed by atoms with van der Waals surface area (Å²) in [5, 5.41) is 9.73. The van der Waals surface area contributed by atoms with E-state index in [2.05, 4.69) is 161 Å². The van der Waals surface area contributed by atoms with E-state index in [0.717, 1.165) is 41.0 Å². The number of ether oxygens (including phenoxy) is 1. The van der Waals surface area contributed by atoms with Crippen LogP contribution in [0.3, 0.4) is 0 Å². The fourth-order valence-corrected chi connectivity index (χ4v) is 7.37. The first-order valence-corrected chi connectivity index (χ1v) is 17.5. The van der Waals surface area contributed by atoms with Gasteiger partial charge in [0.15, 0.2) is 0 Å². The third-order valence-corrected chi connectivity index (χ3v) is 9.89. The molecule has 1 heterocycles. The van der Waals surface area contributed by atoms with E-state index < -0.39 is 5.60 Å². The summed E-state index contributed by atoms with van der Waals surface area (Å²) in [5.74, 6) is 0.660. The zero-order valence-corrected chi connectivity index (χ0v) is 28.6. The van der Waals surface area contributed by atoms with Gasteiger partial charge in [0.1, 0.15) is 11.4 Å². The highest BCUT2D eigenvalue weighted by molar-refractivity contribution is 5.80. The van der Waals surface area contributed by atoms with Crippen LogP contribution in [0.4, 0.5) is 17.1 Å². The number of anilines is 3. The molecule has 4 nitrogen and oxygen atoms in total. The van der Waals surface area contributed by atoms with Crippen LogP contribution in [0.2, 0.25) is 0 Å². The van der Waals surface area contributed by atoms with Crippen LogP contribution in [-0.4, -0.2) is 5.60 Å². The minimum absolute atomic E-state index is 0.127. The van der Waals surface area contributed by atoms with Gasteiger partial charge in [0.05, 0.1) is 12.6 Å². The SMILES string of the molecule is [C-]#[N+]/C(C#N)=C1C=C(/C=C/c2ccc(N(c3ccc(-c4ccccc4)cc3)c3ccc(-c4ccccc4)cc3)cc2)OC2(C/1)Cc1ccccc1C2. The van der Waals surface area contributed by atoms with E-state index in [1.165, 1.54) is 33.4 Å². The van der Waals surface area contributed by atoms with Crippen LogP contribution in [0.15, 0.2) is 187 Å². The van der Waals surface area contributed by atoms with E-state index in [-0.39, 0.29) is 5.70 Å². The van der Waals surface area contributed by atoms with Gasteiger partial charge in [-0.05, 0) is 93.1 Å². The Kier molecular flexibility index (Phi) is 8.80. The first-order valence-electron chi connectivity index (χ1n) is 17.5. The van der Waals surface area contributed by atoms with E-state index in [9.17, 15) is 5.26 Å². The summed E-state index contributed by atoms with van der Waals surface area (Å²) in [6.45, 7) is 7.62. The summed E-state index contributed by atoms with van der Waals surface area (Å²) in [6.07, 6.45) is 7.88. The van der Waals surface area contributed by atoms with E-state index in [1.54, 1.807) is 0 Å². The predicted molar refractivity (Wildman–Crippen MR) is 211 cm³/mol. The van der Waals surface area contributed by atoms with Gasteiger partial charge >= 0.3 is 0 Å². The Balaban J connectivity index is 1.09. The molecule has 6 aromatic carbocycles. The largest absolute Gasteiger partial charge is 0.486 e. The molecule has 0 atom stereocenters. The molecule has 52 heavy (non-hydrogen) atoms. The summed E-state index contributed by atoms with van der Waals surface area (Å²) < 4.78 is 6.69. The van der Waals surface area contributed by atoms with Crippen molar-refractivity contribution < 1.29 is 4.74 Å². The first kappa shape index (κ1) is 32.3. The molecule has 0 saturated heterocycles. The number of nitrogens with zero attached hydrogens (tertiary/aromatic N) is 3. The van der Waals surface area contributed by atoms with Gasteiger partial charge in [-0.1, -0.05) is 127 Å². The summed E-state index contributed by atoms with van der Waals surface area (Å²) in [5.41, 5.74) is 11.8. The van der Waals surface area contributed by atoms with Crippen LogP contribution in [0.1, 0.15) is 23.1 Å². The zero-order valence-electron chi connectivity index (χ0n) is 28.6. The Morgan fingerprint density at radius 2 is 1.06 bits per heavy atom. The van der Waals surface area contributed by atoms with Crippen molar-refractivity contribution in [1.82, 2.24) is 0 Å². The van der Waals surface area contributed by atoms with Crippen molar-refractivity contribution in [2.24, 2.45) is 0 Å². The van der Waals surface area contributed by atoms with E-state index in [1.807, 2.05) is 30.4 Å². The summed E-state index contributed by atoms with van der Waals surface area (Å²) >= 11 is 0. The maximum Gasteiger partial charge on any atom is 0.265 e. The van der Waals surface area contributed by atoms with Crippen LogP contribution in [0.25, 0.3) is 33.2 Å². The van der Waals surface area contributed by atoms with Crippen LogP contribution >= 0.6 is 0 Å². The number of hydrogen-bond donors (Lipinski definition) is 0. The molecular weight excluding hydrogens is 635 g/mol. The topological polar surface area (TPSA) is 40.6 Å². The maximum absolute atomic E-state index is 9.73. The predicted octanol–water partition coefficient (Wildman–Crippen LogP) is 12.0. The molecule has 1 spiro atoms. The van der Waals surface area contributed by atoms with Crippen molar-refractivity contribution in [3.8, 4) is 28.3 Å². The Hall–Kier alpha value is -6.88. The van der Waals surface area contributed by atoms with Crippen LogP contribution < -0.4 is 4.90 Å². The van der Waals surface area contributed by atoms with Gasteiger partial charge in [-0.2, -0.15) is 0 Å². The highest BCUT2D eigenvalue weighted by Gasteiger charge is 2.42. The Labute approximate surface area is 305 Å². The molecule has 1 aliphatic heterocycles. The molecule has 6 aromatic rings. The second-order valence-corrected chi connectivity index (χ2v) is 13.3. The quantitative estimate of drug-likeness (QED) is 0.125. The van der Waals surface area contributed by atoms with Crippen molar-refractivity contribution in [3.63, 3.8) is 0 Å². The highest BCUT2D eigenvalue weighted by atomic mass is 16.5. The van der Waals surface area contributed by atoms with Crippen molar-refractivity contribution >= 4 is 23.1 Å². The molecular formula is C48H35N3O. The fraction of sp³-hybridized carbons (Fsp3) is 0.0833. The second-order valence-electron chi connectivity index (χ2n) is 13.3. The van der Waals surface area contributed by atoms with Crippen molar-refractivity contribution in [2.75, 3.05) is 4.90 Å². The van der Waals surface area contributed by atoms with Gasteiger partial charge in [-0.15, -0.1) is 0 Å². The van der Waals surface area contributed by atoms with Gasteiger partial charge in [-0.3, -0.25) is 0 Å². The van der Waals surface area contributed by atoms with Gasteiger partial charge in [0, 0.05) is 36.3 Å². The molecule has 0 aromatic heterocycles. The van der Waals surface area contributed by atoms with Crippen LogP contribution in [-0.2, 0) is 17.6 Å². The number of fused-ring (bicyclic) bond motifs is 1. The zero-order chi connectivity index (χ0) is 35.3. The van der Waals surface area contributed by atoms with Crippen molar-refractivity contribution in [1.29, 1.82) is 5.26 Å². The molecule has 0 saturated carbocycles. The Bertz CT molecular complexity index is 2270. The Morgan fingerprint density at radius 3 is 1.54 bits per heavy atom. The van der Waals surface area contributed by atoms with E-state index in [4.69, 9.17) is 11.3 Å². The lowest BCUT2D eigenvalue weighted by Gasteiger charge is -2.35. The smallest absolute Gasteiger partial charge is 0.265 e. The molecule has 0 amide bonds. The van der Waals surface area contributed by atoms with Crippen LogP contribution in [0.5, 0.6) is 0 Å². The lowest BCUT2D eigenvalue weighted by atomic mass is 9.87. The van der Waals surface area contributed by atoms with Gasteiger partial charge in [0.25, 0.3) is 5.70 Å². The fourth-order valence-electron chi connectivity index (χ4n) is 7.37. The van der Waals surface area contributed by atoms with Crippen LogP contribution in [0, 0.1) is 17.9 Å². The van der Waals surface area contributed by atoms with E-state index >= 15 is 0 Å². The van der Waals surface area contributed by atoms with Crippen molar-refractivity contribution in [2.45, 2.75) is 24.9 Å². The molecule has 1 aliphatic carbocycles. The lowest BCUT2D eigenvalue weighted by molar-refractivity contribution is 0.0108. The van der Waals surface area contributed by atoms with E-state index in [0.29, 0.717) is 12.2 Å². The van der Waals surface area contributed by atoms with Gasteiger partial charge in [-0.25, -0.2) is 10.1 Å². The molecule has 248 valence electrons. The van der Waals surface area contributed by atoms with Gasteiger partial charge < -0.3 is 9.64 Å². The minimum Gasteiger partial charge on any atom is -0.486 e. The monoisotopic (exact) mass is 669 g/mol. The number of nitriles is 1. The Morgan fingerprint density at radius 1 is 0.596 bits per heavy atom. The molecule has 0 unspecified atom stereocenters. The molecule has 0 bridgehead atoms. The van der Waals surface area contributed by atoms with Gasteiger partial charge in [0.2, 0.25) is 0 Å². The normalized spacial score (nSPS) is 15.2. The minimum atomic E-state index is -0.503. The average Bonchev–Trinajstić information content (AvgIpc) is 3.56. The summed E-state index contributed by atoms with van der Waals surface area (Å²) in [6, 6.07) is 57.3. The molecule has 0 fully saturated rings. The first-order chi connectivity index (χ1) is 25.6. The number of hydrogen-bond acceptors (Lipinski definition) is 3. The lowest BCUT2D eigenvalue weighted by Crippen LogP contribution is -2.36. The standard InChI is InChI=1S/C48H35N3O/c1-50-47(34-49)42-30-46(52-48(33-42)31-40-14-8-9-15-41(40)32-48)29-18-35-16-23-43(24-17-35)51(44-25-19-38(20-26-44)36-10-4-2-5-11-36)45-27-21-39(22-28-45)37-12-6-3-7-13-37/h2-30H,31-33H2/b29-18+,47-42-.